The Kier molecular flexibility index (Phi) is 2.93. The van der Waals surface area contributed by atoms with Crippen LogP contribution in [0.5, 0.6) is 0 Å². The first kappa shape index (κ1) is 12.4. The zero-order valence-electron chi connectivity index (χ0n) is 10.8. The Balaban J connectivity index is 1.90. The number of benzene rings is 1. The minimum Gasteiger partial charge on any atom is -0.481 e. The normalized spacial score (nSPS) is 23.1. The first-order valence-electron chi connectivity index (χ1n) is 6.48. The second kappa shape index (κ2) is 4.49. The second-order valence-corrected chi connectivity index (χ2v) is 6.08. The van der Waals surface area contributed by atoms with Crippen LogP contribution >= 0.6 is 11.3 Å². The van der Waals surface area contributed by atoms with Crippen molar-refractivity contribution < 1.29 is 9.90 Å². The van der Waals surface area contributed by atoms with E-state index >= 15 is 0 Å². The largest absolute Gasteiger partial charge is 0.481 e. The third-order valence-electron chi connectivity index (χ3n) is 4.04. The lowest BCUT2D eigenvalue weighted by Gasteiger charge is -2.22. The Hall–Kier alpha value is -1.62. The maximum Gasteiger partial charge on any atom is 0.311 e. The highest BCUT2D eigenvalue weighted by molar-refractivity contribution is 7.22. The van der Waals surface area contributed by atoms with E-state index in [0.29, 0.717) is 19.4 Å². The molecule has 1 fully saturated rings. The Morgan fingerprint density at radius 1 is 1.53 bits per heavy atom. The zero-order valence-corrected chi connectivity index (χ0v) is 11.6. The molecular formula is C14H16N2O2S. The van der Waals surface area contributed by atoms with Crippen molar-refractivity contribution in [1.82, 2.24) is 4.98 Å². The van der Waals surface area contributed by atoms with E-state index in [4.69, 9.17) is 0 Å². The third-order valence-corrected chi connectivity index (χ3v) is 5.13. The van der Waals surface area contributed by atoms with Gasteiger partial charge in [-0.2, -0.15) is 0 Å². The van der Waals surface area contributed by atoms with Gasteiger partial charge in [0.05, 0.1) is 15.6 Å². The van der Waals surface area contributed by atoms with Crippen molar-refractivity contribution in [3.63, 3.8) is 0 Å². The van der Waals surface area contributed by atoms with Crippen molar-refractivity contribution in [2.75, 3.05) is 18.0 Å². The van der Waals surface area contributed by atoms with Gasteiger partial charge in [0.2, 0.25) is 0 Å². The molecule has 0 spiro atoms. The van der Waals surface area contributed by atoms with Crippen LogP contribution in [0, 0.1) is 5.41 Å². The third kappa shape index (κ3) is 1.98. The molecule has 0 bridgehead atoms. The summed E-state index contributed by atoms with van der Waals surface area (Å²) in [5.74, 6) is -0.682. The van der Waals surface area contributed by atoms with Crippen molar-refractivity contribution in [3.05, 3.63) is 24.3 Å². The molecule has 3 rings (SSSR count). The fourth-order valence-electron chi connectivity index (χ4n) is 2.65. The van der Waals surface area contributed by atoms with E-state index in [2.05, 4.69) is 16.0 Å². The highest BCUT2D eigenvalue weighted by Gasteiger charge is 2.44. The van der Waals surface area contributed by atoms with Crippen LogP contribution in [0.15, 0.2) is 24.3 Å². The van der Waals surface area contributed by atoms with E-state index in [1.807, 2.05) is 25.1 Å². The molecule has 1 unspecified atom stereocenters. The number of carboxylic acids is 1. The Morgan fingerprint density at radius 3 is 2.95 bits per heavy atom. The van der Waals surface area contributed by atoms with Crippen LogP contribution in [0.25, 0.3) is 10.2 Å². The predicted octanol–water partition coefficient (Wildman–Crippen LogP) is 2.99. The molecule has 1 aliphatic heterocycles. The SMILES string of the molecule is CCC1(C(=O)O)CCN(c2nc3ccccc3s2)C1. The molecule has 5 heteroatoms. The number of para-hydroxylation sites is 1. The Labute approximate surface area is 115 Å². The molecule has 2 heterocycles. The highest BCUT2D eigenvalue weighted by atomic mass is 32.1. The number of thiazole rings is 1. The van der Waals surface area contributed by atoms with Gasteiger partial charge in [-0.1, -0.05) is 30.4 Å². The van der Waals surface area contributed by atoms with Gasteiger partial charge in [0, 0.05) is 13.1 Å². The van der Waals surface area contributed by atoms with Gasteiger partial charge in [-0.25, -0.2) is 4.98 Å². The van der Waals surface area contributed by atoms with Crippen LogP contribution in [0.1, 0.15) is 19.8 Å². The van der Waals surface area contributed by atoms with Crippen LogP contribution in [0.4, 0.5) is 5.13 Å². The lowest BCUT2D eigenvalue weighted by molar-refractivity contribution is -0.147. The number of carboxylic acid groups (broad SMARTS) is 1. The van der Waals surface area contributed by atoms with Crippen molar-refractivity contribution in [2.45, 2.75) is 19.8 Å². The molecule has 0 aliphatic carbocycles. The number of anilines is 1. The fraction of sp³-hybridized carbons (Fsp3) is 0.429. The summed E-state index contributed by atoms with van der Waals surface area (Å²) in [7, 11) is 0. The first-order valence-corrected chi connectivity index (χ1v) is 7.30. The Morgan fingerprint density at radius 2 is 2.32 bits per heavy atom. The van der Waals surface area contributed by atoms with E-state index in [0.717, 1.165) is 21.9 Å². The smallest absolute Gasteiger partial charge is 0.311 e. The van der Waals surface area contributed by atoms with Crippen LogP contribution in [0.2, 0.25) is 0 Å². The van der Waals surface area contributed by atoms with Crippen molar-refractivity contribution >= 4 is 32.7 Å². The molecule has 1 aliphatic rings. The van der Waals surface area contributed by atoms with Crippen molar-refractivity contribution in [2.24, 2.45) is 5.41 Å². The van der Waals surface area contributed by atoms with Gasteiger partial charge in [0.25, 0.3) is 0 Å². The van der Waals surface area contributed by atoms with Gasteiger partial charge in [-0.15, -0.1) is 0 Å². The van der Waals surface area contributed by atoms with Crippen LogP contribution in [0.3, 0.4) is 0 Å². The molecule has 1 aromatic heterocycles. The summed E-state index contributed by atoms with van der Waals surface area (Å²) in [6.45, 7) is 3.30. The maximum absolute atomic E-state index is 11.5. The van der Waals surface area contributed by atoms with Gasteiger partial charge >= 0.3 is 5.97 Å². The second-order valence-electron chi connectivity index (χ2n) is 5.07. The Bertz CT molecular complexity index is 592. The number of rotatable bonds is 3. The molecule has 1 saturated heterocycles. The van der Waals surface area contributed by atoms with E-state index in [1.54, 1.807) is 11.3 Å². The molecular weight excluding hydrogens is 260 g/mol. The molecule has 1 N–H and O–H groups in total. The molecule has 1 atom stereocenters. The monoisotopic (exact) mass is 276 g/mol. The predicted molar refractivity (Wildman–Crippen MR) is 76.8 cm³/mol. The molecule has 1 aromatic carbocycles. The number of aromatic nitrogens is 1. The molecule has 0 amide bonds. The average molecular weight is 276 g/mol. The van der Waals surface area contributed by atoms with Crippen LogP contribution < -0.4 is 4.90 Å². The van der Waals surface area contributed by atoms with Crippen LogP contribution in [-0.2, 0) is 4.79 Å². The number of nitrogens with zero attached hydrogens (tertiary/aromatic N) is 2. The topological polar surface area (TPSA) is 53.4 Å². The van der Waals surface area contributed by atoms with Crippen molar-refractivity contribution in [1.29, 1.82) is 0 Å². The molecule has 0 saturated carbocycles. The molecule has 19 heavy (non-hydrogen) atoms. The number of aliphatic carboxylic acids is 1. The quantitative estimate of drug-likeness (QED) is 0.936. The van der Waals surface area contributed by atoms with Crippen LogP contribution in [-0.4, -0.2) is 29.1 Å². The van der Waals surface area contributed by atoms with Gasteiger partial charge < -0.3 is 10.0 Å². The summed E-state index contributed by atoms with van der Waals surface area (Å²) in [6, 6.07) is 8.03. The summed E-state index contributed by atoms with van der Waals surface area (Å²) < 4.78 is 1.15. The number of hydrogen-bond donors (Lipinski definition) is 1. The highest BCUT2D eigenvalue weighted by Crippen LogP contribution is 2.39. The van der Waals surface area contributed by atoms with Gasteiger partial charge in [-0.05, 0) is 25.0 Å². The standard InChI is InChI=1S/C14H16N2O2S/c1-2-14(12(17)18)7-8-16(9-14)13-15-10-5-3-4-6-11(10)19-13/h3-6H,2,7-9H2,1H3,(H,17,18). The lowest BCUT2D eigenvalue weighted by atomic mass is 9.84. The lowest BCUT2D eigenvalue weighted by Crippen LogP contribution is -2.34. The van der Waals surface area contributed by atoms with Gasteiger partial charge in [0.15, 0.2) is 5.13 Å². The fourth-order valence-corrected chi connectivity index (χ4v) is 3.64. The van der Waals surface area contributed by atoms with Gasteiger partial charge in [-0.3, -0.25) is 4.79 Å². The van der Waals surface area contributed by atoms with Gasteiger partial charge in [0.1, 0.15) is 0 Å². The van der Waals surface area contributed by atoms with E-state index < -0.39 is 11.4 Å². The summed E-state index contributed by atoms with van der Waals surface area (Å²) in [5, 5.41) is 10.4. The molecule has 4 nitrogen and oxygen atoms in total. The molecule has 100 valence electrons. The molecule has 0 radical (unpaired) electrons. The summed E-state index contributed by atoms with van der Waals surface area (Å²) in [4.78, 5) is 18.2. The minimum absolute atomic E-state index is 0.568. The number of hydrogen-bond acceptors (Lipinski definition) is 4. The van der Waals surface area contributed by atoms with E-state index in [1.165, 1.54) is 0 Å². The minimum atomic E-state index is -0.682. The molecule has 2 aromatic rings. The number of fused-ring (bicyclic) bond motifs is 1. The average Bonchev–Trinajstić information content (AvgIpc) is 3.03. The van der Waals surface area contributed by atoms with E-state index in [9.17, 15) is 9.90 Å². The maximum atomic E-state index is 11.5. The number of carbonyl (C=O) groups is 1. The summed E-state index contributed by atoms with van der Waals surface area (Å²) in [6.07, 6.45) is 1.37. The van der Waals surface area contributed by atoms with Crippen molar-refractivity contribution in [3.8, 4) is 0 Å². The van der Waals surface area contributed by atoms with E-state index in [-0.39, 0.29) is 0 Å². The first-order chi connectivity index (χ1) is 9.14. The summed E-state index contributed by atoms with van der Waals surface area (Å²) >= 11 is 1.64. The summed E-state index contributed by atoms with van der Waals surface area (Å²) in [5.41, 5.74) is 0.393. The zero-order chi connectivity index (χ0) is 13.5.